The normalized spacial score (nSPS) is 12.1. The summed E-state index contributed by atoms with van der Waals surface area (Å²) in [6, 6.07) is 10.5. The molecule has 0 aliphatic carbocycles. The minimum atomic E-state index is -3.84. The number of imidazole rings is 1. The van der Waals surface area contributed by atoms with Crippen LogP contribution in [0.4, 0.5) is 5.82 Å². The standard InChI is InChI=1S/C23H24Cl3N5O3S/c1-34-13-10-18-30-21-22(14-6-2-3-7-16(14)29-23(21)27)31(18)12-5-4-11-28-35(32,33)17-9-8-15(24)19(25)20(17)26/h2-3,6-9,28H,4-5,10-13H2,1H3,(H2,27,29). The fourth-order valence-corrected chi connectivity index (χ4v) is 5.97. The zero-order valence-corrected chi connectivity index (χ0v) is 22.0. The Balaban J connectivity index is 1.52. The van der Waals surface area contributed by atoms with Crippen LogP contribution in [-0.2, 0) is 27.7 Å². The fraction of sp³-hybridized carbons (Fsp3) is 0.304. The SMILES string of the molecule is COCCc1nc2c(N)nc3ccccc3c2n1CCCCNS(=O)(=O)c1ccc(Cl)c(Cl)c1Cl. The molecule has 0 atom stereocenters. The van der Waals surface area contributed by atoms with Gasteiger partial charge in [0, 0.05) is 32.0 Å². The Morgan fingerprint density at radius 2 is 1.83 bits per heavy atom. The van der Waals surface area contributed by atoms with Crippen molar-refractivity contribution >= 4 is 72.6 Å². The van der Waals surface area contributed by atoms with Gasteiger partial charge in [-0.1, -0.05) is 53.0 Å². The number of unbranched alkanes of at least 4 members (excludes halogenated alkanes) is 1. The zero-order valence-electron chi connectivity index (χ0n) is 18.9. The summed E-state index contributed by atoms with van der Waals surface area (Å²) in [4.78, 5) is 9.13. The van der Waals surface area contributed by atoms with E-state index < -0.39 is 10.0 Å². The number of hydrogen-bond acceptors (Lipinski definition) is 6. The van der Waals surface area contributed by atoms with E-state index in [-0.39, 0.29) is 26.5 Å². The first kappa shape index (κ1) is 25.9. The molecule has 0 saturated heterocycles. The molecule has 0 saturated carbocycles. The maximum atomic E-state index is 12.7. The van der Waals surface area contributed by atoms with Gasteiger partial charge in [0.2, 0.25) is 10.0 Å². The van der Waals surface area contributed by atoms with E-state index in [1.165, 1.54) is 12.1 Å². The molecule has 4 rings (SSSR count). The molecule has 12 heteroatoms. The van der Waals surface area contributed by atoms with E-state index in [2.05, 4.69) is 14.3 Å². The zero-order chi connectivity index (χ0) is 25.2. The van der Waals surface area contributed by atoms with Crippen molar-refractivity contribution in [3.63, 3.8) is 0 Å². The molecule has 0 aliphatic rings. The molecular formula is C23H24Cl3N5O3S. The molecule has 2 heterocycles. The summed E-state index contributed by atoms with van der Waals surface area (Å²) in [5, 5.41) is 1.06. The first-order valence-electron chi connectivity index (χ1n) is 10.9. The van der Waals surface area contributed by atoms with Crippen LogP contribution in [0.15, 0.2) is 41.3 Å². The minimum absolute atomic E-state index is 0.00720. The van der Waals surface area contributed by atoms with Crippen molar-refractivity contribution in [2.45, 2.75) is 30.7 Å². The summed E-state index contributed by atoms with van der Waals surface area (Å²) in [7, 11) is -2.20. The summed E-state index contributed by atoms with van der Waals surface area (Å²) < 4.78 is 35.3. The number of ether oxygens (including phenoxy) is 1. The van der Waals surface area contributed by atoms with Crippen molar-refractivity contribution in [1.29, 1.82) is 0 Å². The number of nitrogens with one attached hydrogen (secondary N) is 1. The molecule has 0 unspecified atom stereocenters. The van der Waals surface area contributed by atoms with Crippen molar-refractivity contribution in [2.75, 3.05) is 26.0 Å². The number of fused-ring (bicyclic) bond motifs is 3. The van der Waals surface area contributed by atoms with Crippen LogP contribution in [0.2, 0.25) is 15.1 Å². The third-order valence-corrected chi connectivity index (χ3v) is 8.52. The predicted octanol–water partition coefficient (Wildman–Crippen LogP) is 5.07. The Labute approximate surface area is 218 Å². The van der Waals surface area contributed by atoms with Crippen molar-refractivity contribution in [1.82, 2.24) is 19.3 Å². The van der Waals surface area contributed by atoms with E-state index >= 15 is 0 Å². The van der Waals surface area contributed by atoms with Gasteiger partial charge in [0.1, 0.15) is 16.2 Å². The quantitative estimate of drug-likeness (QED) is 0.208. The highest BCUT2D eigenvalue weighted by Gasteiger charge is 2.21. The molecule has 3 N–H and O–H groups in total. The van der Waals surface area contributed by atoms with E-state index in [0.717, 1.165) is 22.2 Å². The van der Waals surface area contributed by atoms with E-state index in [0.29, 0.717) is 43.7 Å². The molecule has 8 nitrogen and oxygen atoms in total. The number of benzene rings is 2. The van der Waals surface area contributed by atoms with E-state index in [4.69, 9.17) is 50.3 Å². The molecule has 35 heavy (non-hydrogen) atoms. The Morgan fingerprint density at radius 3 is 2.60 bits per heavy atom. The van der Waals surface area contributed by atoms with E-state index in [1.807, 2.05) is 24.3 Å². The van der Waals surface area contributed by atoms with Crippen LogP contribution in [0.5, 0.6) is 0 Å². The van der Waals surface area contributed by atoms with Gasteiger partial charge in [-0.15, -0.1) is 0 Å². The molecule has 0 fully saturated rings. The molecule has 4 aromatic rings. The third kappa shape index (κ3) is 5.35. The summed E-state index contributed by atoms with van der Waals surface area (Å²) in [6.45, 7) is 1.36. The Hall–Kier alpha value is -2.14. The van der Waals surface area contributed by atoms with Crippen LogP contribution in [0.25, 0.3) is 21.9 Å². The monoisotopic (exact) mass is 555 g/mol. The molecule has 0 aliphatic heterocycles. The number of aromatic nitrogens is 3. The maximum Gasteiger partial charge on any atom is 0.242 e. The van der Waals surface area contributed by atoms with E-state index in [9.17, 15) is 8.42 Å². The lowest BCUT2D eigenvalue weighted by atomic mass is 10.2. The fourth-order valence-electron chi connectivity index (χ4n) is 3.92. The molecule has 2 aromatic carbocycles. The van der Waals surface area contributed by atoms with Crippen LogP contribution in [0, 0.1) is 0 Å². The maximum absolute atomic E-state index is 12.7. The smallest absolute Gasteiger partial charge is 0.242 e. The summed E-state index contributed by atoms with van der Waals surface area (Å²) in [6.07, 6.45) is 1.89. The molecule has 186 valence electrons. The highest BCUT2D eigenvalue weighted by Crippen LogP contribution is 2.35. The van der Waals surface area contributed by atoms with Crippen LogP contribution in [-0.4, -0.2) is 43.2 Å². The predicted molar refractivity (Wildman–Crippen MR) is 141 cm³/mol. The Morgan fingerprint density at radius 1 is 1.06 bits per heavy atom. The van der Waals surface area contributed by atoms with Gasteiger partial charge in [0.15, 0.2) is 5.82 Å². The van der Waals surface area contributed by atoms with Crippen LogP contribution < -0.4 is 10.5 Å². The van der Waals surface area contributed by atoms with Gasteiger partial charge in [-0.05, 0) is 31.0 Å². The number of pyridine rings is 1. The molecule has 0 amide bonds. The van der Waals surface area contributed by atoms with Crippen molar-refractivity contribution in [2.24, 2.45) is 0 Å². The van der Waals surface area contributed by atoms with Gasteiger partial charge in [-0.25, -0.2) is 23.1 Å². The second-order valence-corrected chi connectivity index (χ2v) is 10.8. The molecule has 0 radical (unpaired) electrons. The second-order valence-electron chi connectivity index (χ2n) is 7.91. The topological polar surface area (TPSA) is 112 Å². The lowest BCUT2D eigenvalue weighted by molar-refractivity contribution is 0.199. The minimum Gasteiger partial charge on any atom is -0.384 e. The Kier molecular flexibility index (Phi) is 8.05. The number of aryl methyl sites for hydroxylation is 1. The highest BCUT2D eigenvalue weighted by atomic mass is 35.5. The van der Waals surface area contributed by atoms with Gasteiger partial charge in [-0.3, -0.25) is 0 Å². The van der Waals surface area contributed by atoms with Gasteiger partial charge in [0.05, 0.1) is 32.7 Å². The largest absolute Gasteiger partial charge is 0.384 e. The number of hydrogen-bond donors (Lipinski definition) is 2. The number of nitrogen functional groups attached to an aromatic ring is 1. The van der Waals surface area contributed by atoms with Gasteiger partial charge >= 0.3 is 0 Å². The van der Waals surface area contributed by atoms with Gasteiger partial charge < -0.3 is 15.0 Å². The lowest BCUT2D eigenvalue weighted by Gasteiger charge is -2.12. The van der Waals surface area contributed by atoms with Crippen molar-refractivity contribution in [3.05, 3.63) is 57.3 Å². The first-order chi connectivity index (χ1) is 16.7. The van der Waals surface area contributed by atoms with Crippen molar-refractivity contribution < 1.29 is 13.2 Å². The van der Waals surface area contributed by atoms with Crippen LogP contribution in [0.1, 0.15) is 18.7 Å². The van der Waals surface area contributed by atoms with Crippen LogP contribution >= 0.6 is 34.8 Å². The molecule has 0 bridgehead atoms. The summed E-state index contributed by atoms with van der Waals surface area (Å²) in [5.74, 6) is 1.22. The second kappa shape index (κ2) is 10.9. The highest BCUT2D eigenvalue weighted by molar-refractivity contribution is 7.89. The number of sulfonamides is 1. The number of para-hydroxylation sites is 1. The molecular weight excluding hydrogens is 533 g/mol. The first-order valence-corrected chi connectivity index (χ1v) is 13.5. The number of nitrogens with two attached hydrogens (primary N) is 1. The van der Waals surface area contributed by atoms with Gasteiger partial charge in [-0.2, -0.15) is 0 Å². The van der Waals surface area contributed by atoms with E-state index in [1.54, 1.807) is 7.11 Å². The third-order valence-electron chi connectivity index (χ3n) is 5.61. The number of anilines is 1. The average Bonchev–Trinajstić information content (AvgIpc) is 3.20. The number of nitrogens with zero attached hydrogens (tertiary/aromatic N) is 3. The molecule has 2 aromatic heterocycles. The van der Waals surface area contributed by atoms with Crippen LogP contribution in [0.3, 0.4) is 0 Å². The molecule has 0 spiro atoms. The Bertz CT molecular complexity index is 1490. The number of methoxy groups -OCH3 is 1. The van der Waals surface area contributed by atoms with Gasteiger partial charge in [0.25, 0.3) is 0 Å². The van der Waals surface area contributed by atoms with Crippen molar-refractivity contribution in [3.8, 4) is 0 Å². The summed E-state index contributed by atoms with van der Waals surface area (Å²) in [5.41, 5.74) is 8.59. The number of rotatable bonds is 10. The lowest BCUT2D eigenvalue weighted by Crippen LogP contribution is -2.25. The average molecular weight is 557 g/mol. The summed E-state index contributed by atoms with van der Waals surface area (Å²) >= 11 is 18.0. The number of halogens is 3.